The highest BCUT2D eigenvalue weighted by atomic mass is 35.5. The molecule has 0 bridgehead atoms. The van der Waals surface area contributed by atoms with Crippen molar-refractivity contribution in [1.29, 1.82) is 0 Å². The summed E-state index contributed by atoms with van der Waals surface area (Å²) < 4.78 is 0. The second-order valence-corrected chi connectivity index (χ2v) is 6.71. The first kappa shape index (κ1) is 18.2. The van der Waals surface area contributed by atoms with Gasteiger partial charge in [-0.1, -0.05) is 46.8 Å². The Hall–Kier alpha value is -2.60. The number of nitrogens with zero attached hydrogens (tertiary/aromatic N) is 3. The summed E-state index contributed by atoms with van der Waals surface area (Å²) in [6, 6.07) is 15.4. The molecule has 0 spiro atoms. The molecule has 26 heavy (non-hydrogen) atoms. The lowest BCUT2D eigenvalue weighted by molar-refractivity contribution is -0.133. The van der Waals surface area contributed by atoms with Gasteiger partial charge in [0.1, 0.15) is 11.0 Å². The molecule has 0 fully saturated rings. The van der Waals surface area contributed by atoms with E-state index in [0.717, 1.165) is 12.8 Å². The molecule has 2 unspecified atom stereocenters. The highest BCUT2D eigenvalue weighted by Crippen LogP contribution is 2.16. The average Bonchev–Trinajstić information content (AvgIpc) is 3.02. The summed E-state index contributed by atoms with van der Waals surface area (Å²) in [6.07, 6.45) is 1.05. The third kappa shape index (κ3) is 4.52. The van der Waals surface area contributed by atoms with Gasteiger partial charge in [-0.05, 0) is 55.7 Å². The third-order valence-electron chi connectivity index (χ3n) is 4.10. The third-order valence-corrected chi connectivity index (χ3v) is 4.34. The summed E-state index contributed by atoms with van der Waals surface area (Å²) in [5.41, 5.74) is 2.52. The Morgan fingerprint density at radius 1 is 1.23 bits per heavy atom. The number of aryl methyl sites for hydroxylation is 1. The first-order valence-corrected chi connectivity index (χ1v) is 8.93. The number of halogens is 1. The number of carbonyl (C=O) groups is 1. The lowest BCUT2D eigenvalue weighted by Crippen LogP contribution is -2.43. The number of hydrogen-bond donors (Lipinski definition) is 1. The fraction of sp³-hybridized carbons (Fsp3) is 0.316. The predicted molar refractivity (Wildman–Crippen MR) is 101 cm³/mol. The van der Waals surface area contributed by atoms with Crippen molar-refractivity contribution in [1.82, 2.24) is 20.5 Å². The number of carbonyl (C=O) groups excluding carboxylic acids is 1. The van der Waals surface area contributed by atoms with Crippen molar-refractivity contribution >= 4 is 28.5 Å². The molecular weight excluding hydrogens is 352 g/mol. The maximum Gasteiger partial charge on any atom is 0.263 e. The van der Waals surface area contributed by atoms with Crippen LogP contribution in [0.15, 0.2) is 48.5 Å². The van der Waals surface area contributed by atoms with Crippen LogP contribution in [0.4, 0.5) is 0 Å². The second kappa shape index (κ2) is 8.19. The van der Waals surface area contributed by atoms with Crippen LogP contribution in [-0.4, -0.2) is 33.2 Å². The van der Waals surface area contributed by atoms with Crippen LogP contribution in [-0.2, 0) is 11.2 Å². The van der Waals surface area contributed by atoms with Gasteiger partial charge in [-0.15, -0.1) is 5.10 Å². The molecule has 136 valence electrons. The van der Waals surface area contributed by atoms with Gasteiger partial charge in [-0.2, -0.15) is 0 Å². The highest BCUT2D eigenvalue weighted by molar-refractivity contribution is 6.31. The summed E-state index contributed by atoms with van der Waals surface area (Å²) in [6.45, 7) is 3.66. The highest BCUT2D eigenvalue weighted by Gasteiger charge is 2.19. The van der Waals surface area contributed by atoms with Gasteiger partial charge in [-0.3, -0.25) is 4.79 Å². The zero-order valence-electron chi connectivity index (χ0n) is 14.7. The first-order valence-electron chi connectivity index (χ1n) is 8.55. The number of hydrogen-bond acceptors (Lipinski definition) is 4. The molecule has 0 radical (unpaired) electrons. The molecule has 1 heterocycles. The first-order chi connectivity index (χ1) is 12.5. The smallest absolute Gasteiger partial charge is 0.263 e. The minimum absolute atomic E-state index is 0.0377. The summed E-state index contributed by atoms with van der Waals surface area (Å²) in [5, 5.41) is 11.4. The fourth-order valence-electron chi connectivity index (χ4n) is 2.61. The van der Waals surface area contributed by atoms with Crippen molar-refractivity contribution in [2.24, 2.45) is 0 Å². The Kier molecular flexibility index (Phi) is 5.73. The molecule has 6 nitrogen and oxygen atoms in total. The summed E-state index contributed by atoms with van der Waals surface area (Å²) >= 11 is 6.00. The lowest BCUT2D eigenvalue weighted by Gasteiger charge is -2.18. The minimum Gasteiger partial charge on any atom is -0.382 e. The Morgan fingerprint density at radius 3 is 2.77 bits per heavy atom. The number of rotatable bonds is 7. The van der Waals surface area contributed by atoms with E-state index in [2.05, 4.69) is 27.8 Å². The van der Waals surface area contributed by atoms with E-state index in [9.17, 15) is 4.79 Å². The number of amides is 1. The Labute approximate surface area is 157 Å². The van der Waals surface area contributed by atoms with Crippen molar-refractivity contribution in [2.45, 2.75) is 38.8 Å². The Morgan fingerprint density at radius 2 is 2.00 bits per heavy atom. The molecule has 1 aromatic heterocycles. The topological polar surface area (TPSA) is 69.0 Å². The van der Waals surface area contributed by atoms with Crippen LogP contribution in [0.25, 0.3) is 11.0 Å². The normalized spacial score (nSPS) is 13.3. The molecular formula is C19H21ClN4O2. The van der Waals surface area contributed by atoms with E-state index in [1.165, 1.54) is 10.4 Å². The molecule has 0 aliphatic rings. The number of aromatic nitrogens is 3. The molecule has 2 atom stereocenters. The van der Waals surface area contributed by atoms with Gasteiger partial charge < -0.3 is 10.2 Å². The maximum absolute atomic E-state index is 12.4. The van der Waals surface area contributed by atoms with Gasteiger partial charge in [0, 0.05) is 11.1 Å². The second-order valence-electron chi connectivity index (χ2n) is 6.28. The van der Waals surface area contributed by atoms with E-state index in [1.807, 2.05) is 25.1 Å². The standard InChI is InChI=1S/C19H21ClN4O2/c1-13(8-9-15-6-4-3-5-7-15)21-19(25)14(2)26-24-18-12-16(20)10-11-17(18)22-23-24/h3-7,10-14H,8-9H2,1-2H3,(H,21,25). The van der Waals surface area contributed by atoms with E-state index in [1.54, 1.807) is 25.1 Å². The zero-order valence-corrected chi connectivity index (χ0v) is 15.5. The monoisotopic (exact) mass is 372 g/mol. The van der Waals surface area contributed by atoms with Crippen molar-refractivity contribution in [2.75, 3.05) is 0 Å². The SMILES string of the molecule is CC(CCc1ccccc1)NC(=O)C(C)On1nnc2ccc(Cl)cc21. The van der Waals surface area contributed by atoms with Crippen LogP contribution in [0.5, 0.6) is 0 Å². The van der Waals surface area contributed by atoms with Crippen molar-refractivity contribution in [3.05, 3.63) is 59.1 Å². The quantitative estimate of drug-likeness (QED) is 0.692. The number of nitrogens with one attached hydrogen (secondary N) is 1. The molecule has 1 amide bonds. The van der Waals surface area contributed by atoms with Crippen LogP contribution in [0.2, 0.25) is 5.02 Å². The molecule has 1 N–H and O–H groups in total. The summed E-state index contributed by atoms with van der Waals surface area (Å²) in [4.78, 5) is 19.2. The minimum atomic E-state index is -0.710. The number of benzene rings is 2. The van der Waals surface area contributed by atoms with Crippen LogP contribution >= 0.6 is 11.6 Å². The summed E-state index contributed by atoms with van der Waals surface area (Å²) in [7, 11) is 0. The van der Waals surface area contributed by atoms with Gasteiger partial charge in [0.15, 0.2) is 0 Å². The Balaban J connectivity index is 1.54. The fourth-order valence-corrected chi connectivity index (χ4v) is 2.77. The Bertz CT molecular complexity index is 882. The molecule has 0 aliphatic carbocycles. The van der Waals surface area contributed by atoms with Crippen LogP contribution in [0.1, 0.15) is 25.8 Å². The van der Waals surface area contributed by atoms with Gasteiger partial charge in [0.25, 0.3) is 5.91 Å². The van der Waals surface area contributed by atoms with Crippen LogP contribution in [0.3, 0.4) is 0 Å². The van der Waals surface area contributed by atoms with Crippen LogP contribution in [0, 0.1) is 0 Å². The molecule has 0 saturated carbocycles. The van der Waals surface area contributed by atoms with Crippen LogP contribution < -0.4 is 10.2 Å². The van der Waals surface area contributed by atoms with E-state index in [-0.39, 0.29) is 11.9 Å². The van der Waals surface area contributed by atoms with Gasteiger partial charge in [0.2, 0.25) is 6.10 Å². The van der Waals surface area contributed by atoms with Gasteiger partial charge in [0.05, 0.1) is 0 Å². The molecule has 7 heteroatoms. The largest absolute Gasteiger partial charge is 0.382 e. The van der Waals surface area contributed by atoms with Crippen molar-refractivity contribution in [3.63, 3.8) is 0 Å². The zero-order chi connectivity index (χ0) is 18.5. The molecule has 2 aromatic carbocycles. The van der Waals surface area contributed by atoms with E-state index < -0.39 is 6.10 Å². The average molecular weight is 373 g/mol. The maximum atomic E-state index is 12.4. The molecule has 0 aliphatic heterocycles. The summed E-state index contributed by atoms with van der Waals surface area (Å²) in [5.74, 6) is -0.198. The van der Waals surface area contributed by atoms with E-state index in [0.29, 0.717) is 16.1 Å². The van der Waals surface area contributed by atoms with Gasteiger partial charge in [-0.25, -0.2) is 0 Å². The molecule has 3 aromatic rings. The predicted octanol–water partition coefficient (Wildman–Crippen LogP) is 3.04. The van der Waals surface area contributed by atoms with Crippen molar-refractivity contribution < 1.29 is 9.63 Å². The molecule has 3 rings (SSSR count). The van der Waals surface area contributed by atoms with E-state index in [4.69, 9.17) is 16.4 Å². The lowest BCUT2D eigenvalue weighted by atomic mass is 10.1. The molecule has 0 saturated heterocycles. The van der Waals surface area contributed by atoms with E-state index >= 15 is 0 Å². The number of fused-ring (bicyclic) bond motifs is 1. The van der Waals surface area contributed by atoms with Gasteiger partial charge >= 0.3 is 0 Å². The van der Waals surface area contributed by atoms with Crippen molar-refractivity contribution in [3.8, 4) is 0 Å².